The first-order valence-corrected chi connectivity index (χ1v) is 11.3. The number of benzene rings is 2. The van der Waals surface area contributed by atoms with Gasteiger partial charge in [0.1, 0.15) is 11.6 Å². The second kappa shape index (κ2) is 7.74. The predicted octanol–water partition coefficient (Wildman–Crippen LogP) is 5.43. The van der Waals surface area contributed by atoms with Crippen LogP contribution in [0.4, 0.5) is 5.69 Å². The van der Waals surface area contributed by atoms with Gasteiger partial charge in [0.15, 0.2) is 0 Å². The summed E-state index contributed by atoms with van der Waals surface area (Å²) in [4.78, 5) is 17.7. The molecular weight excluding hydrogens is 408 g/mol. The minimum Gasteiger partial charge on any atom is -0.361 e. The number of para-hydroxylation sites is 2. The highest BCUT2D eigenvalue weighted by Gasteiger charge is 2.19. The monoisotopic (exact) mass is 430 g/mol. The van der Waals surface area contributed by atoms with Gasteiger partial charge in [-0.05, 0) is 32.9 Å². The summed E-state index contributed by atoms with van der Waals surface area (Å²) in [5, 5.41) is 9.20. The zero-order chi connectivity index (χ0) is 21.5. The number of aryl methyl sites for hydroxylation is 3. The third kappa shape index (κ3) is 3.35. The van der Waals surface area contributed by atoms with Gasteiger partial charge in [-0.25, -0.2) is 4.98 Å². The van der Waals surface area contributed by atoms with E-state index in [1.54, 1.807) is 11.8 Å². The molecule has 1 N–H and O–H groups in total. The summed E-state index contributed by atoms with van der Waals surface area (Å²) in [7, 11) is 0. The highest BCUT2D eigenvalue weighted by molar-refractivity contribution is 7.99. The molecule has 0 saturated heterocycles. The molecule has 3 heterocycles. The van der Waals surface area contributed by atoms with E-state index in [9.17, 15) is 4.79 Å². The van der Waals surface area contributed by atoms with E-state index in [1.165, 1.54) is 0 Å². The molecule has 0 unspecified atom stereocenters. The van der Waals surface area contributed by atoms with E-state index < -0.39 is 0 Å². The lowest BCUT2D eigenvalue weighted by Crippen LogP contribution is -2.14. The molecule has 6 nitrogen and oxygen atoms in total. The van der Waals surface area contributed by atoms with Crippen LogP contribution in [0, 0.1) is 20.8 Å². The molecule has 0 atom stereocenters. The summed E-state index contributed by atoms with van der Waals surface area (Å²) in [5.41, 5.74) is 5.70. The Labute approximate surface area is 183 Å². The number of thioether (sulfide) groups is 1. The van der Waals surface area contributed by atoms with Crippen molar-refractivity contribution in [2.75, 3.05) is 11.1 Å². The number of nitrogens with zero attached hydrogens (tertiary/aromatic N) is 3. The van der Waals surface area contributed by atoms with Crippen LogP contribution in [0.3, 0.4) is 0 Å². The Balaban J connectivity index is 1.52. The van der Waals surface area contributed by atoms with Crippen LogP contribution in [0.2, 0.25) is 0 Å². The number of fused-ring (bicyclic) bond motifs is 5. The van der Waals surface area contributed by atoms with Gasteiger partial charge in [0.2, 0.25) is 5.91 Å². The maximum Gasteiger partial charge on any atom is 0.234 e. The Morgan fingerprint density at radius 1 is 1.06 bits per heavy atom. The minimum absolute atomic E-state index is 0.0337. The SMILES string of the molecule is Cc1noc(C)c1CSCC(=O)Nc1c2ccccc2n2c(C)nc3ccccc3c12. The van der Waals surface area contributed by atoms with Crippen molar-refractivity contribution in [3.63, 3.8) is 0 Å². The quantitative estimate of drug-likeness (QED) is 0.403. The van der Waals surface area contributed by atoms with Gasteiger partial charge < -0.3 is 9.84 Å². The van der Waals surface area contributed by atoms with E-state index in [1.807, 2.05) is 57.2 Å². The van der Waals surface area contributed by atoms with Gasteiger partial charge >= 0.3 is 0 Å². The zero-order valence-electron chi connectivity index (χ0n) is 17.6. The molecule has 0 fully saturated rings. The second-order valence-corrected chi connectivity index (χ2v) is 8.58. The molecule has 5 aromatic rings. The first-order valence-electron chi connectivity index (χ1n) is 10.1. The summed E-state index contributed by atoms with van der Waals surface area (Å²) < 4.78 is 7.34. The molecule has 0 spiro atoms. The molecule has 31 heavy (non-hydrogen) atoms. The highest BCUT2D eigenvalue weighted by atomic mass is 32.2. The molecule has 0 aliphatic rings. The molecule has 1 amide bonds. The van der Waals surface area contributed by atoms with Crippen LogP contribution >= 0.6 is 11.8 Å². The normalized spacial score (nSPS) is 11.6. The molecule has 0 radical (unpaired) electrons. The number of hydrogen-bond donors (Lipinski definition) is 1. The number of carbonyl (C=O) groups excluding carboxylic acids is 1. The van der Waals surface area contributed by atoms with Gasteiger partial charge in [0, 0.05) is 22.1 Å². The van der Waals surface area contributed by atoms with Gasteiger partial charge in [-0.3, -0.25) is 9.20 Å². The summed E-state index contributed by atoms with van der Waals surface area (Å²) in [5.74, 6) is 2.70. The fraction of sp³-hybridized carbons (Fsp3) is 0.208. The first-order chi connectivity index (χ1) is 15.0. The van der Waals surface area contributed by atoms with Gasteiger partial charge in [-0.1, -0.05) is 41.6 Å². The van der Waals surface area contributed by atoms with Crippen LogP contribution in [0.25, 0.3) is 27.3 Å². The van der Waals surface area contributed by atoms with Crippen LogP contribution in [-0.4, -0.2) is 26.2 Å². The Kier molecular flexibility index (Phi) is 4.90. The van der Waals surface area contributed by atoms with Crippen molar-refractivity contribution in [3.05, 3.63) is 71.4 Å². The molecule has 2 aromatic carbocycles. The number of aromatic nitrogens is 3. The van der Waals surface area contributed by atoms with Crippen LogP contribution in [0.5, 0.6) is 0 Å². The number of hydrogen-bond acceptors (Lipinski definition) is 5. The van der Waals surface area contributed by atoms with E-state index >= 15 is 0 Å². The van der Waals surface area contributed by atoms with Crippen molar-refractivity contribution in [1.29, 1.82) is 0 Å². The number of amides is 1. The van der Waals surface area contributed by atoms with Gasteiger partial charge in [-0.2, -0.15) is 0 Å². The molecule has 0 aliphatic carbocycles. The van der Waals surface area contributed by atoms with Gasteiger partial charge in [-0.15, -0.1) is 11.8 Å². The smallest absolute Gasteiger partial charge is 0.234 e. The number of rotatable bonds is 5. The van der Waals surface area contributed by atoms with E-state index in [0.29, 0.717) is 11.5 Å². The Morgan fingerprint density at radius 2 is 1.81 bits per heavy atom. The lowest BCUT2D eigenvalue weighted by molar-refractivity contribution is -0.113. The van der Waals surface area contributed by atoms with Crippen LogP contribution in [0.1, 0.15) is 22.8 Å². The highest BCUT2D eigenvalue weighted by Crippen LogP contribution is 2.36. The average molecular weight is 431 g/mol. The molecule has 7 heteroatoms. The Hall–Kier alpha value is -3.32. The van der Waals surface area contributed by atoms with Crippen molar-refractivity contribution in [2.45, 2.75) is 26.5 Å². The second-order valence-electron chi connectivity index (χ2n) is 7.60. The lowest BCUT2D eigenvalue weighted by Gasteiger charge is -2.09. The maximum absolute atomic E-state index is 12.9. The zero-order valence-corrected chi connectivity index (χ0v) is 18.4. The largest absolute Gasteiger partial charge is 0.361 e. The van der Waals surface area contributed by atoms with Gasteiger partial charge in [0.05, 0.1) is 33.7 Å². The van der Waals surface area contributed by atoms with Crippen molar-refractivity contribution in [2.24, 2.45) is 0 Å². The van der Waals surface area contributed by atoms with E-state index in [0.717, 1.165) is 55.9 Å². The Morgan fingerprint density at radius 3 is 2.58 bits per heavy atom. The van der Waals surface area contributed by atoms with Crippen molar-refractivity contribution in [1.82, 2.24) is 14.5 Å². The number of carbonyl (C=O) groups is 1. The fourth-order valence-electron chi connectivity index (χ4n) is 4.08. The number of nitrogens with one attached hydrogen (secondary N) is 1. The van der Waals surface area contributed by atoms with Crippen LogP contribution in [0.15, 0.2) is 53.1 Å². The van der Waals surface area contributed by atoms with Crippen molar-refractivity contribution < 1.29 is 9.32 Å². The summed E-state index contributed by atoms with van der Waals surface area (Å²) in [6, 6.07) is 16.2. The summed E-state index contributed by atoms with van der Waals surface area (Å²) in [6.07, 6.45) is 0. The third-order valence-electron chi connectivity index (χ3n) is 5.56. The van der Waals surface area contributed by atoms with Crippen LogP contribution in [-0.2, 0) is 10.5 Å². The fourth-order valence-corrected chi connectivity index (χ4v) is 5.06. The Bertz CT molecular complexity index is 1430. The average Bonchev–Trinajstić information content (AvgIpc) is 3.26. The van der Waals surface area contributed by atoms with Crippen molar-refractivity contribution >= 4 is 50.7 Å². The molecular formula is C24H22N4O2S. The summed E-state index contributed by atoms with van der Waals surface area (Å²) in [6.45, 7) is 5.82. The standard InChI is InChI=1S/C24H22N4O2S/c1-14-19(15(2)30-27-14)12-31-13-22(29)26-23-18-9-5-7-11-21(18)28-16(3)25-20-10-6-4-8-17(20)24(23)28/h4-11H,12-13H2,1-3H3,(H,26,29). The van der Waals surface area contributed by atoms with E-state index in [2.05, 4.69) is 27.0 Å². The molecule has 3 aromatic heterocycles. The van der Waals surface area contributed by atoms with Crippen molar-refractivity contribution in [3.8, 4) is 0 Å². The lowest BCUT2D eigenvalue weighted by atomic mass is 10.1. The molecule has 0 aliphatic heterocycles. The van der Waals surface area contributed by atoms with Gasteiger partial charge in [0.25, 0.3) is 0 Å². The number of anilines is 1. The summed E-state index contributed by atoms with van der Waals surface area (Å²) >= 11 is 1.56. The first kappa shape index (κ1) is 19.6. The maximum atomic E-state index is 12.9. The predicted molar refractivity (Wildman–Crippen MR) is 126 cm³/mol. The van der Waals surface area contributed by atoms with E-state index in [-0.39, 0.29) is 5.91 Å². The topological polar surface area (TPSA) is 72.4 Å². The van der Waals surface area contributed by atoms with E-state index in [4.69, 9.17) is 9.51 Å². The van der Waals surface area contributed by atoms with Crippen LogP contribution < -0.4 is 5.32 Å². The molecule has 156 valence electrons. The minimum atomic E-state index is -0.0337. The molecule has 0 bridgehead atoms. The molecule has 5 rings (SSSR count). The molecule has 0 saturated carbocycles. The third-order valence-corrected chi connectivity index (χ3v) is 6.52.